The molecule has 0 N–H and O–H groups in total. The first-order valence-electron chi connectivity index (χ1n) is 4.06. The van der Waals surface area contributed by atoms with Crippen LogP contribution >= 0.6 is 35.8 Å². The monoisotopic (exact) mass is 403 g/mol. The maximum absolute atomic E-state index is 5.65. The molecule has 91 valence electrons. The van der Waals surface area contributed by atoms with Gasteiger partial charge in [-0.3, -0.25) is 6.08 Å². The van der Waals surface area contributed by atoms with Crippen molar-refractivity contribution in [1.29, 1.82) is 0 Å². The Bertz CT molecular complexity index is 336. The second-order valence-electron chi connectivity index (χ2n) is 2.57. The molecule has 2 rings (SSSR count). The Balaban J connectivity index is -0.000000216. The molecule has 6 heteroatoms. The summed E-state index contributed by atoms with van der Waals surface area (Å²) in [4.78, 5) is 0.640. The number of benzene rings is 1. The summed E-state index contributed by atoms with van der Waals surface area (Å²) in [6.45, 7) is 0. The predicted octanol–water partition coefficient (Wildman–Crippen LogP) is -1.41. The average molecular weight is 406 g/mol. The van der Waals surface area contributed by atoms with Crippen LogP contribution in [0.4, 0.5) is 0 Å². The van der Waals surface area contributed by atoms with E-state index in [0.717, 1.165) is 6.42 Å². The van der Waals surface area contributed by atoms with Gasteiger partial charge < -0.3 is 24.8 Å². The van der Waals surface area contributed by atoms with Crippen molar-refractivity contribution in [2.75, 3.05) is 0 Å². The van der Waals surface area contributed by atoms with Crippen molar-refractivity contribution in [2.45, 2.75) is 11.3 Å². The molecule has 1 aliphatic rings. The van der Waals surface area contributed by atoms with E-state index < -0.39 is 0 Å². The molecular weight excluding hydrogens is 397 g/mol. The molecule has 0 aliphatic heterocycles. The average Bonchev–Trinajstić information content (AvgIpc) is 2.72. The van der Waals surface area contributed by atoms with Crippen LogP contribution < -0.4 is 24.8 Å². The molecule has 0 unspecified atom stereocenters. The van der Waals surface area contributed by atoms with E-state index in [4.69, 9.17) is 23.2 Å². The van der Waals surface area contributed by atoms with Gasteiger partial charge in [-0.2, -0.15) is 6.08 Å². The molecule has 1 aromatic rings. The first-order valence-corrected chi connectivity index (χ1v) is 5.27. The zero-order valence-corrected chi connectivity index (χ0v) is 15.0. The van der Waals surface area contributed by atoms with Gasteiger partial charge in [-0.1, -0.05) is 29.3 Å². The summed E-state index contributed by atoms with van der Waals surface area (Å²) in [7, 11) is 0. The van der Waals surface area contributed by atoms with Crippen molar-refractivity contribution in [1.82, 2.24) is 0 Å². The largest absolute Gasteiger partial charge is 3.00 e. The molecule has 0 atom stereocenters. The van der Waals surface area contributed by atoms with E-state index in [9.17, 15) is 0 Å². The van der Waals surface area contributed by atoms with Crippen LogP contribution in [0.1, 0.15) is 6.42 Å². The van der Waals surface area contributed by atoms with E-state index in [2.05, 4.69) is 24.8 Å². The van der Waals surface area contributed by atoms with Gasteiger partial charge >= 0.3 is 26.2 Å². The smallest absolute Gasteiger partial charge is 1.00 e. The van der Waals surface area contributed by atoms with Gasteiger partial charge in [-0.25, -0.2) is 12.2 Å². The molecule has 0 saturated heterocycles. The van der Waals surface area contributed by atoms with Crippen molar-refractivity contribution >= 4 is 35.8 Å². The molecule has 0 saturated carbocycles. The SMILES string of the molecule is Sc1c(Cl)cccc1Cl.[C-]1=CC=CC1.[Cl-].[Cl-].[Zr+3]. The van der Waals surface area contributed by atoms with Gasteiger partial charge in [0, 0.05) is 4.90 Å². The Hall–Kier alpha value is 1.09. The Kier molecular flexibility index (Phi) is 18.5. The summed E-state index contributed by atoms with van der Waals surface area (Å²) in [5, 5.41) is 1.18. The molecule has 17 heavy (non-hydrogen) atoms. The van der Waals surface area contributed by atoms with Crippen LogP contribution in [0.2, 0.25) is 10.0 Å². The standard InChI is InChI=1S/C6H4Cl2S.C5H5.2ClH.Zr/c7-4-2-1-3-5(8)6(4)9;1-2-4-5-3-1;;;/h1-3,9H;1-3H,4H2;2*1H;/q;-1;;;+3/p-2. The summed E-state index contributed by atoms with van der Waals surface area (Å²) in [6, 6.07) is 5.27. The number of rotatable bonds is 0. The second-order valence-corrected chi connectivity index (χ2v) is 3.83. The molecule has 0 fully saturated rings. The quantitative estimate of drug-likeness (QED) is 0.398. The van der Waals surface area contributed by atoms with Crippen molar-refractivity contribution in [2.24, 2.45) is 0 Å². The van der Waals surface area contributed by atoms with Gasteiger partial charge in [0.15, 0.2) is 0 Å². The van der Waals surface area contributed by atoms with Crippen molar-refractivity contribution in [3.8, 4) is 0 Å². The van der Waals surface area contributed by atoms with Crippen molar-refractivity contribution < 1.29 is 51.0 Å². The maximum Gasteiger partial charge on any atom is 3.00 e. The zero-order chi connectivity index (χ0) is 10.4. The van der Waals surface area contributed by atoms with Crippen molar-refractivity contribution in [3.63, 3.8) is 0 Å². The zero-order valence-electron chi connectivity index (χ0n) is 8.63. The third-order valence-electron chi connectivity index (χ3n) is 1.52. The van der Waals surface area contributed by atoms with Crippen LogP contribution in [0.25, 0.3) is 0 Å². The van der Waals surface area contributed by atoms with Gasteiger partial charge in [-0.15, -0.1) is 19.0 Å². The first kappa shape index (κ1) is 23.2. The first-order chi connectivity index (χ1) is 6.72. The van der Waals surface area contributed by atoms with Gasteiger partial charge in [0.2, 0.25) is 0 Å². The van der Waals surface area contributed by atoms with E-state index in [1.807, 2.05) is 12.2 Å². The van der Waals surface area contributed by atoms with Crippen LogP contribution in [0.5, 0.6) is 0 Å². The molecule has 0 spiro atoms. The van der Waals surface area contributed by atoms with Gasteiger partial charge in [-0.05, 0) is 12.1 Å². The fourth-order valence-corrected chi connectivity index (χ4v) is 1.38. The topological polar surface area (TPSA) is 0 Å². The number of allylic oxidation sites excluding steroid dienone is 4. The fraction of sp³-hybridized carbons (Fsp3) is 0.0909. The molecule has 0 bridgehead atoms. The molecule has 0 amide bonds. The van der Waals surface area contributed by atoms with Crippen LogP contribution in [0.3, 0.4) is 0 Å². The maximum atomic E-state index is 5.65. The summed E-state index contributed by atoms with van der Waals surface area (Å²) < 4.78 is 0. The van der Waals surface area contributed by atoms with Crippen molar-refractivity contribution in [3.05, 3.63) is 52.5 Å². The minimum Gasteiger partial charge on any atom is -1.00 e. The predicted molar refractivity (Wildman–Crippen MR) is 65.3 cm³/mol. The number of hydrogen-bond acceptors (Lipinski definition) is 1. The van der Waals surface area contributed by atoms with Crippen LogP contribution in [0, 0.1) is 6.08 Å². The van der Waals surface area contributed by atoms with Crippen LogP contribution in [0.15, 0.2) is 41.3 Å². The Morgan fingerprint density at radius 3 is 1.88 bits per heavy atom. The van der Waals surface area contributed by atoms with Gasteiger partial charge in [0.05, 0.1) is 10.0 Å². The number of halogens is 4. The Labute approximate surface area is 149 Å². The third-order valence-corrected chi connectivity index (χ3v) is 2.90. The Morgan fingerprint density at radius 1 is 1.12 bits per heavy atom. The summed E-state index contributed by atoms with van der Waals surface area (Å²) in [5.74, 6) is 0. The molecule has 0 aromatic heterocycles. The summed E-state index contributed by atoms with van der Waals surface area (Å²) in [5.41, 5.74) is 0. The van der Waals surface area contributed by atoms with E-state index in [-0.39, 0.29) is 51.0 Å². The molecular formula is C11H9Cl4SZr. The minimum absolute atomic E-state index is 0. The fourth-order valence-electron chi connectivity index (χ4n) is 0.829. The van der Waals surface area contributed by atoms with E-state index in [1.165, 1.54) is 0 Å². The van der Waals surface area contributed by atoms with Crippen LogP contribution in [-0.4, -0.2) is 0 Å². The van der Waals surface area contributed by atoms with E-state index in [0.29, 0.717) is 14.9 Å². The van der Waals surface area contributed by atoms with E-state index >= 15 is 0 Å². The molecule has 0 nitrogen and oxygen atoms in total. The molecule has 1 aliphatic carbocycles. The molecule has 1 radical (unpaired) electrons. The molecule has 1 aromatic carbocycles. The van der Waals surface area contributed by atoms with E-state index in [1.54, 1.807) is 18.2 Å². The summed E-state index contributed by atoms with van der Waals surface area (Å²) >= 11 is 15.4. The number of thiol groups is 1. The van der Waals surface area contributed by atoms with Gasteiger partial charge in [0.1, 0.15) is 0 Å². The molecule has 0 heterocycles. The second kappa shape index (κ2) is 13.5. The summed E-state index contributed by atoms with van der Waals surface area (Å²) in [6.07, 6.45) is 10.0. The van der Waals surface area contributed by atoms with Crippen LogP contribution in [-0.2, 0) is 26.2 Å². The van der Waals surface area contributed by atoms with Gasteiger partial charge in [0.25, 0.3) is 0 Å². The number of hydrogen-bond donors (Lipinski definition) is 1. The normalized spacial score (nSPS) is 10.3. The minimum atomic E-state index is 0. The third kappa shape index (κ3) is 9.64. The Morgan fingerprint density at radius 2 is 1.65 bits per heavy atom.